The first-order valence-electron chi connectivity index (χ1n) is 17.3. The zero-order valence-electron chi connectivity index (χ0n) is 30.3. The second kappa shape index (κ2) is 13.5. The van der Waals surface area contributed by atoms with Crippen LogP contribution in [0.25, 0.3) is 54.7 Å². The van der Waals surface area contributed by atoms with Crippen LogP contribution in [-0.4, -0.2) is 15.9 Å². The number of aliphatic hydroxyl groups is 1. The number of fused-ring (bicyclic) bond motifs is 7. The molecule has 0 spiro atoms. The third kappa shape index (κ3) is 6.85. The van der Waals surface area contributed by atoms with Crippen molar-refractivity contribution in [2.75, 3.05) is 0 Å². The maximum absolute atomic E-state index is 10.5. The molecule has 4 aromatic carbocycles. The van der Waals surface area contributed by atoms with E-state index in [1.807, 2.05) is 6.20 Å². The van der Waals surface area contributed by atoms with E-state index in [1.54, 1.807) is 13.8 Å². The summed E-state index contributed by atoms with van der Waals surface area (Å²) < 4.78 is 6.73. The number of rotatable bonds is 4. The van der Waals surface area contributed by atoms with Crippen molar-refractivity contribution in [2.45, 2.75) is 104 Å². The minimum atomic E-state index is -0.0191. The topological polar surface area (TPSA) is 63.3 Å². The molecule has 1 N–H and O–H groups in total. The van der Waals surface area contributed by atoms with Gasteiger partial charge in [0.2, 0.25) is 0 Å². The summed E-state index contributed by atoms with van der Waals surface area (Å²) in [6, 6.07) is 25.8. The minimum absolute atomic E-state index is 0. The number of carbonyl (C=O) groups is 1. The number of furan rings is 1. The first-order chi connectivity index (χ1) is 22.6. The van der Waals surface area contributed by atoms with E-state index in [0.29, 0.717) is 12.8 Å². The fraction of sp³-hybridized carbons (Fsp3) is 0.364. The molecular formula is C44H48IrNO3-. The Balaban J connectivity index is 0.000000415. The number of benzene rings is 4. The molecule has 1 aliphatic rings. The van der Waals surface area contributed by atoms with Gasteiger partial charge >= 0.3 is 0 Å². The molecule has 6 aromatic rings. The Morgan fingerprint density at radius 2 is 1.61 bits per heavy atom. The SMILES string of the molecule is CC(C)(C)c1cc(-c2nccc3cc4oc5c6c(ccc5c4cc23)C(C)(C)CCC6(C)C)[c-]c2ccccc12.CCC(=O)/C=C(\O)CC.[Ir]. The van der Waals surface area contributed by atoms with Gasteiger partial charge in [-0.3, -0.25) is 9.78 Å². The van der Waals surface area contributed by atoms with Crippen LogP contribution in [0.4, 0.5) is 0 Å². The summed E-state index contributed by atoms with van der Waals surface area (Å²) in [5, 5.41) is 15.8. The number of carbonyl (C=O) groups excluding carboxylic acids is 1. The standard InChI is InChI=1S/C37H36NO.C7H12O2.Ir/c1-35(2,3)30-19-24(18-22-10-8-9-11-25(22)30)33-27-21-28-26-12-13-29-32(37(6,7)16-15-36(29,4)5)34(26)39-31(28)20-23(27)14-17-38-33;1-3-6(8)5-7(9)4-2;/h8-14,17,19-21H,15-16H2,1-7H3;5,8H,3-4H2,1-2H3;/q-1;;/b;6-5-;. The van der Waals surface area contributed by atoms with Gasteiger partial charge in [0, 0.05) is 67.2 Å². The van der Waals surface area contributed by atoms with Crippen LogP contribution in [0.5, 0.6) is 0 Å². The predicted molar refractivity (Wildman–Crippen MR) is 201 cm³/mol. The number of nitrogens with zero attached hydrogens (tertiary/aromatic N) is 1. The molecule has 2 heterocycles. The molecule has 257 valence electrons. The van der Waals surface area contributed by atoms with E-state index in [4.69, 9.17) is 14.5 Å². The van der Waals surface area contributed by atoms with Crippen LogP contribution in [0.3, 0.4) is 0 Å². The molecule has 7 rings (SSSR count). The smallest absolute Gasteiger partial charge is 0.158 e. The van der Waals surface area contributed by atoms with Crippen molar-refractivity contribution in [1.29, 1.82) is 0 Å². The third-order valence-corrected chi connectivity index (χ3v) is 10.2. The van der Waals surface area contributed by atoms with E-state index in [9.17, 15) is 4.79 Å². The Kier molecular flexibility index (Phi) is 10.0. The molecule has 0 unspecified atom stereocenters. The zero-order valence-corrected chi connectivity index (χ0v) is 32.7. The number of hydrogen-bond acceptors (Lipinski definition) is 4. The van der Waals surface area contributed by atoms with E-state index in [1.165, 1.54) is 40.0 Å². The van der Waals surface area contributed by atoms with E-state index in [0.717, 1.165) is 50.4 Å². The van der Waals surface area contributed by atoms with Crippen molar-refractivity contribution in [3.63, 3.8) is 0 Å². The van der Waals surface area contributed by atoms with Gasteiger partial charge in [0.1, 0.15) is 11.2 Å². The van der Waals surface area contributed by atoms with Crippen molar-refractivity contribution in [1.82, 2.24) is 4.98 Å². The number of ketones is 1. The summed E-state index contributed by atoms with van der Waals surface area (Å²) in [6.45, 7) is 19.9. The number of aromatic nitrogens is 1. The second-order valence-electron chi connectivity index (χ2n) is 15.7. The largest absolute Gasteiger partial charge is 0.512 e. The molecule has 0 fully saturated rings. The van der Waals surface area contributed by atoms with Crippen molar-refractivity contribution < 1.29 is 34.4 Å². The molecule has 1 radical (unpaired) electrons. The van der Waals surface area contributed by atoms with Crippen molar-refractivity contribution >= 4 is 49.3 Å². The molecule has 0 saturated heterocycles. The van der Waals surface area contributed by atoms with E-state index in [-0.39, 0.29) is 47.9 Å². The molecule has 0 amide bonds. The first-order valence-corrected chi connectivity index (χ1v) is 17.3. The Morgan fingerprint density at radius 1 is 0.898 bits per heavy atom. The summed E-state index contributed by atoms with van der Waals surface area (Å²) in [4.78, 5) is 15.5. The molecule has 2 aromatic heterocycles. The summed E-state index contributed by atoms with van der Waals surface area (Å²) in [6.07, 6.45) is 6.54. The number of allylic oxidation sites excluding steroid dienone is 2. The van der Waals surface area contributed by atoms with Crippen LogP contribution in [-0.2, 0) is 41.1 Å². The Labute approximate surface area is 304 Å². The van der Waals surface area contributed by atoms with Crippen molar-refractivity contribution in [2.24, 2.45) is 0 Å². The Hall–Kier alpha value is -3.79. The molecule has 0 atom stereocenters. The zero-order chi connectivity index (χ0) is 34.6. The van der Waals surface area contributed by atoms with Gasteiger partial charge in [0.05, 0.1) is 5.76 Å². The number of pyridine rings is 1. The van der Waals surface area contributed by atoms with Crippen LogP contribution in [0.15, 0.2) is 83.1 Å². The van der Waals surface area contributed by atoms with Crippen LogP contribution < -0.4 is 0 Å². The average Bonchev–Trinajstić information content (AvgIpc) is 3.41. The van der Waals surface area contributed by atoms with Crippen molar-refractivity contribution in [3.05, 3.63) is 101 Å². The van der Waals surface area contributed by atoms with E-state index >= 15 is 0 Å². The molecule has 0 bridgehead atoms. The quantitative estimate of drug-likeness (QED) is 0.109. The summed E-state index contributed by atoms with van der Waals surface area (Å²) in [5.41, 5.74) is 8.36. The van der Waals surface area contributed by atoms with Gasteiger partial charge in [-0.15, -0.1) is 29.1 Å². The first kappa shape index (κ1) is 36.5. The summed E-state index contributed by atoms with van der Waals surface area (Å²) in [7, 11) is 0. The molecule has 0 saturated carbocycles. The predicted octanol–water partition coefficient (Wildman–Crippen LogP) is 12.2. The normalized spacial score (nSPS) is 15.5. The molecule has 5 heteroatoms. The fourth-order valence-corrected chi connectivity index (χ4v) is 7.21. The Morgan fingerprint density at radius 3 is 2.31 bits per heavy atom. The minimum Gasteiger partial charge on any atom is -0.512 e. The molecule has 49 heavy (non-hydrogen) atoms. The molecular weight excluding hydrogens is 783 g/mol. The van der Waals surface area contributed by atoms with Gasteiger partial charge in [-0.1, -0.05) is 104 Å². The van der Waals surface area contributed by atoms with Gasteiger partial charge in [-0.2, -0.15) is 0 Å². The Bertz CT molecular complexity index is 2230. The number of hydrogen-bond donors (Lipinski definition) is 1. The van der Waals surface area contributed by atoms with Crippen LogP contribution in [0, 0.1) is 6.07 Å². The monoisotopic (exact) mass is 831 g/mol. The van der Waals surface area contributed by atoms with Crippen LogP contribution in [0.1, 0.15) is 105 Å². The van der Waals surface area contributed by atoms with E-state index in [2.05, 4.69) is 115 Å². The van der Waals surface area contributed by atoms with E-state index < -0.39 is 0 Å². The number of aliphatic hydroxyl groups excluding tert-OH is 1. The summed E-state index contributed by atoms with van der Waals surface area (Å²) >= 11 is 0. The van der Waals surface area contributed by atoms with Crippen molar-refractivity contribution in [3.8, 4) is 11.3 Å². The second-order valence-corrected chi connectivity index (χ2v) is 15.7. The molecule has 1 aliphatic carbocycles. The van der Waals surface area contributed by atoms with Gasteiger partial charge in [-0.25, -0.2) is 0 Å². The fourth-order valence-electron chi connectivity index (χ4n) is 7.21. The maximum Gasteiger partial charge on any atom is 0.158 e. The van der Waals surface area contributed by atoms with Gasteiger partial charge < -0.3 is 9.52 Å². The third-order valence-electron chi connectivity index (χ3n) is 10.2. The van der Waals surface area contributed by atoms with Gasteiger partial charge in [0.25, 0.3) is 0 Å². The molecule has 4 nitrogen and oxygen atoms in total. The average molecular weight is 831 g/mol. The van der Waals surface area contributed by atoms with Crippen LogP contribution in [0.2, 0.25) is 0 Å². The van der Waals surface area contributed by atoms with Gasteiger partial charge in [-0.05, 0) is 63.6 Å². The molecule has 0 aliphatic heterocycles. The summed E-state index contributed by atoms with van der Waals surface area (Å²) in [5.74, 6) is 0.149. The maximum atomic E-state index is 10.5. The van der Waals surface area contributed by atoms with Gasteiger partial charge in [0.15, 0.2) is 5.78 Å². The van der Waals surface area contributed by atoms with Crippen LogP contribution >= 0.6 is 0 Å².